The largest absolute Gasteiger partial charge is 0.311 e. The molecule has 0 bridgehead atoms. The molecule has 18 heavy (non-hydrogen) atoms. The van der Waals surface area contributed by atoms with Crippen molar-refractivity contribution in [1.82, 2.24) is 5.32 Å². The number of hydrogen-bond acceptors (Lipinski definition) is 2. The number of rotatable bonds is 4. The van der Waals surface area contributed by atoms with Gasteiger partial charge in [0.15, 0.2) is 0 Å². The molecule has 1 saturated carbocycles. The normalized spacial score (nSPS) is 38.3. The third-order valence-corrected chi connectivity index (χ3v) is 6.03. The van der Waals surface area contributed by atoms with E-state index < -0.39 is 10.8 Å². The zero-order valence-electron chi connectivity index (χ0n) is 11.8. The molecule has 2 atom stereocenters. The van der Waals surface area contributed by atoms with Crippen LogP contribution in [0.5, 0.6) is 0 Å². The highest BCUT2D eigenvalue weighted by Gasteiger charge is 2.23. The van der Waals surface area contributed by atoms with Crippen LogP contribution in [0, 0.1) is 5.92 Å². The molecule has 0 amide bonds. The fourth-order valence-electron chi connectivity index (χ4n) is 3.54. The van der Waals surface area contributed by atoms with Crippen molar-refractivity contribution >= 4 is 10.8 Å². The molecule has 2 fully saturated rings. The van der Waals surface area contributed by atoms with Gasteiger partial charge < -0.3 is 5.32 Å². The van der Waals surface area contributed by atoms with Crippen LogP contribution in [0.3, 0.4) is 0 Å². The smallest absolute Gasteiger partial charge is 0.0249 e. The van der Waals surface area contributed by atoms with Crippen LogP contribution in [0.25, 0.3) is 0 Å². The van der Waals surface area contributed by atoms with Crippen LogP contribution in [-0.4, -0.2) is 27.8 Å². The lowest BCUT2D eigenvalue weighted by Crippen LogP contribution is -2.41. The Hall–Kier alpha value is 0.110. The Labute approximate surface area is 115 Å². The summed E-state index contributed by atoms with van der Waals surface area (Å²) in [5, 5.41) is 3.85. The maximum absolute atomic E-state index is 11.4. The molecule has 2 unspecified atom stereocenters. The quantitative estimate of drug-likeness (QED) is 0.795. The molecule has 2 aliphatic rings. The maximum Gasteiger partial charge on any atom is 0.0249 e. The fourth-order valence-corrected chi connectivity index (χ4v) is 4.83. The molecule has 106 valence electrons. The van der Waals surface area contributed by atoms with E-state index in [2.05, 4.69) is 12.2 Å². The van der Waals surface area contributed by atoms with E-state index >= 15 is 0 Å². The Balaban J connectivity index is 1.71. The van der Waals surface area contributed by atoms with Gasteiger partial charge >= 0.3 is 0 Å². The summed E-state index contributed by atoms with van der Waals surface area (Å²) >= 11 is 0. The van der Waals surface area contributed by atoms with Gasteiger partial charge in [0.05, 0.1) is 0 Å². The SMILES string of the molecule is CCCC1CCCC(NC2CCS(=O)CC2)CC1. The van der Waals surface area contributed by atoms with Gasteiger partial charge in [0, 0.05) is 34.4 Å². The van der Waals surface area contributed by atoms with Gasteiger partial charge in [0.1, 0.15) is 0 Å². The Kier molecular flexibility index (Phi) is 6.16. The van der Waals surface area contributed by atoms with Crippen LogP contribution < -0.4 is 5.32 Å². The molecule has 1 N–H and O–H groups in total. The van der Waals surface area contributed by atoms with Gasteiger partial charge in [-0.25, -0.2) is 0 Å². The molecule has 2 nitrogen and oxygen atoms in total. The Morgan fingerprint density at radius 2 is 1.72 bits per heavy atom. The third-order valence-electron chi connectivity index (χ3n) is 4.64. The molecular weight excluding hydrogens is 242 g/mol. The van der Waals surface area contributed by atoms with Crippen molar-refractivity contribution < 1.29 is 4.21 Å². The highest BCUT2D eigenvalue weighted by Crippen LogP contribution is 2.27. The van der Waals surface area contributed by atoms with Crippen LogP contribution >= 0.6 is 0 Å². The van der Waals surface area contributed by atoms with E-state index in [1.54, 1.807) is 0 Å². The van der Waals surface area contributed by atoms with Gasteiger partial charge in [0.2, 0.25) is 0 Å². The van der Waals surface area contributed by atoms with E-state index in [0.717, 1.165) is 36.3 Å². The van der Waals surface area contributed by atoms with Crippen molar-refractivity contribution in [1.29, 1.82) is 0 Å². The Morgan fingerprint density at radius 3 is 2.44 bits per heavy atom. The molecule has 3 heteroatoms. The first kappa shape index (κ1) is 14.5. The van der Waals surface area contributed by atoms with Crippen molar-refractivity contribution in [2.24, 2.45) is 5.92 Å². The number of hydrogen-bond donors (Lipinski definition) is 1. The zero-order valence-corrected chi connectivity index (χ0v) is 12.6. The second-order valence-electron chi connectivity index (χ2n) is 6.15. The van der Waals surface area contributed by atoms with Crippen molar-refractivity contribution in [3.8, 4) is 0 Å². The maximum atomic E-state index is 11.4. The van der Waals surface area contributed by atoms with Crippen molar-refractivity contribution in [3.63, 3.8) is 0 Å². The lowest BCUT2D eigenvalue weighted by molar-refractivity contribution is 0.366. The lowest BCUT2D eigenvalue weighted by Gasteiger charge is -2.27. The van der Waals surface area contributed by atoms with E-state index in [1.165, 1.54) is 44.9 Å². The summed E-state index contributed by atoms with van der Waals surface area (Å²) in [6, 6.07) is 1.39. The summed E-state index contributed by atoms with van der Waals surface area (Å²) in [6.45, 7) is 2.31. The first-order valence-corrected chi connectivity index (χ1v) is 9.37. The average Bonchev–Trinajstić information content (AvgIpc) is 2.59. The standard InChI is InChI=1S/C15H29NOS/c1-2-4-13-5-3-6-14(8-7-13)16-15-9-11-18(17)12-10-15/h13-16H,2-12H2,1H3. The highest BCUT2D eigenvalue weighted by atomic mass is 32.2. The molecule has 1 saturated heterocycles. The predicted molar refractivity (Wildman–Crippen MR) is 79.3 cm³/mol. The van der Waals surface area contributed by atoms with Crippen molar-refractivity contribution in [2.75, 3.05) is 11.5 Å². The van der Waals surface area contributed by atoms with Gasteiger partial charge in [-0.1, -0.05) is 32.6 Å². The van der Waals surface area contributed by atoms with Gasteiger partial charge in [-0.05, 0) is 38.0 Å². The second-order valence-corrected chi connectivity index (χ2v) is 7.85. The molecular formula is C15H29NOS. The fraction of sp³-hybridized carbons (Fsp3) is 1.00. The van der Waals surface area contributed by atoms with E-state index in [1.807, 2.05) is 0 Å². The van der Waals surface area contributed by atoms with Crippen LogP contribution in [0.1, 0.15) is 64.7 Å². The summed E-state index contributed by atoms with van der Waals surface area (Å²) in [7, 11) is -0.519. The van der Waals surface area contributed by atoms with E-state index in [4.69, 9.17) is 0 Å². The summed E-state index contributed by atoms with van der Waals surface area (Å²) in [5.74, 6) is 2.83. The molecule has 0 spiro atoms. The van der Waals surface area contributed by atoms with Gasteiger partial charge in [-0.15, -0.1) is 0 Å². The molecule has 1 aliphatic heterocycles. The van der Waals surface area contributed by atoms with Gasteiger partial charge in [0.25, 0.3) is 0 Å². The molecule has 0 aromatic rings. The molecule has 1 aliphatic carbocycles. The van der Waals surface area contributed by atoms with Crippen LogP contribution in [0.4, 0.5) is 0 Å². The molecule has 0 radical (unpaired) electrons. The monoisotopic (exact) mass is 271 g/mol. The second kappa shape index (κ2) is 7.64. The Morgan fingerprint density at radius 1 is 1.00 bits per heavy atom. The molecule has 0 aromatic carbocycles. The summed E-state index contributed by atoms with van der Waals surface area (Å²) in [5.41, 5.74) is 0. The predicted octanol–water partition coefficient (Wildman–Crippen LogP) is 3.24. The van der Waals surface area contributed by atoms with E-state index in [0.29, 0.717) is 6.04 Å². The average molecular weight is 271 g/mol. The zero-order chi connectivity index (χ0) is 12.8. The van der Waals surface area contributed by atoms with Crippen molar-refractivity contribution in [2.45, 2.75) is 76.8 Å². The number of nitrogens with one attached hydrogen (secondary N) is 1. The third kappa shape index (κ3) is 4.65. The minimum absolute atomic E-state index is 0.519. The van der Waals surface area contributed by atoms with Gasteiger partial charge in [-0.3, -0.25) is 4.21 Å². The first-order chi connectivity index (χ1) is 8.78. The Bertz CT molecular complexity index is 259. The summed E-state index contributed by atoms with van der Waals surface area (Å²) in [6.07, 6.45) is 12.0. The molecule has 1 heterocycles. The van der Waals surface area contributed by atoms with Gasteiger partial charge in [-0.2, -0.15) is 0 Å². The molecule has 0 aromatic heterocycles. The van der Waals surface area contributed by atoms with E-state index in [-0.39, 0.29) is 0 Å². The molecule has 2 rings (SSSR count). The minimum Gasteiger partial charge on any atom is -0.311 e. The van der Waals surface area contributed by atoms with Crippen LogP contribution in [0.2, 0.25) is 0 Å². The first-order valence-electron chi connectivity index (χ1n) is 7.89. The summed E-state index contributed by atoms with van der Waals surface area (Å²) < 4.78 is 11.4. The topological polar surface area (TPSA) is 29.1 Å². The minimum atomic E-state index is -0.519. The summed E-state index contributed by atoms with van der Waals surface area (Å²) in [4.78, 5) is 0. The lowest BCUT2D eigenvalue weighted by atomic mass is 9.95. The highest BCUT2D eigenvalue weighted by molar-refractivity contribution is 7.85. The van der Waals surface area contributed by atoms with E-state index in [9.17, 15) is 4.21 Å². The van der Waals surface area contributed by atoms with Crippen LogP contribution in [0.15, 0.2) is 0 Å². The van der Waals surface area contributed by atoms with Crippen molar-refractivity contribution in [3.05, 3.63) is 0 Å². The van der Waals surface area contributed by atoms with Crippen LogP contribution in [-0.2, 0) is 10.8 Å².